The quantitative estimate of drug-likeness (QED) is 0.768. The molecule has 1 saturated heterocycles. The number of alkyl carbamates (subject to hydrolysis) is 1. The van der Waals surface area contributed by atoms with Crippen LogP contribution in [-0.4, -0.2) is 54.7 Å². The van der Waals surface area contributed by atoms with Crippen LogP contribution in [0, 0.1) is 0 Å². The lowest BCUT2D eigenvalue weighted by Gasteiger charge is -2.24. The van der Waals surface area contributed by atoms with Crippen LogP contribution in [0.3, 0.4) is 0 Å². The molecule has 1 fully saturated rings. The zero-order valence-electron chi connectivity index (χ0n) is 12.4. The summed E-state index contributed by atoms with van der Waals surface area (Å²) in [6.45, 7) is 5.80. The molecule has 1 aliphatic heterocycles. The molecule has 0 spiro atoms. The molecule has 0 saturated carbocycles. The van der Waals surface area contributed by atoms with Gasteiger partial charge in [0.2, 0.25) is 5.91 Å². The largest absolute Gasteiger partial charge is 0.467 e. The highest BCUT2D eigenvalue weighted by atomic mass is 16.6. The van der Waals surface area contributed by atoms with E-state index in [0.29, 0.717) is 12.8 Å². The molecule has 1 atom stereocenters. The Morgan fingerprint density at radius 2 is 2.05 bits per heavy atom. The number of carbonyl (C=O) groups excluding carboxylic acids is 3. The zero-order valence-corrected chi connectivity index (χ0v) is 12.4. The molecule has 1 N–H and O–H groups in total. The van der Waals surface area contributed by atoms with Crippen LogP contribution in [0.4, 0.5) is 4.79 Å². The van der Waals surface area contributed by atoms with Crippen LogP contribution in [0.5, 0.6) is 0 Å². The summed E-state index contributed by atoms with van der Waals surface area (Å²) >= 11 is 0. The van der Waals surface area contributed by atoms with Gasteiger partial charge in [0.25, 0.3) is 0 Å². The number of carbonyl (C=O) groups is 3. The molecule has 1 aliphatic rings. The monoisotopic (exact) mass is 286 g/mol. The van der Waals surface area contributed by atoms with Crippen LogP contribution < -0.4 is 5.32 Å². The van der Waals surface area contributed by atoms with Crippen molar-refractivity contribution in [2.45, 2.75) is 45.3 Å². The van der Waals surface area contributed by atoms with Crippen molar-refractivity contribution < 1.29 is 23.9 Å². The van der Waals surface area contributed by atoms with E-state index in [-0.39, 0.29) is 19.0 Å². The summed E-state index contributed by atoms with van der Waals surface area (Å²) in [7, 11) is 1.29. The van der Waals surface area contributed by atoms with E-state index < -0.39 is 23.7 Å². The number of ether oxygens (including phenoxy) is 2. The minimum absolute atomic E-state index is 0.105. The topological polar surface area (TPSA) is 84.9 Å². The van der Waals surface area contributed by atoms with E-state index in [1.54, 1.807) is 20.8 Å². The third kappa shape index (κ3) is 4.71. The summed E-state index contributed by atoms with van der Waals surface area (Å²) in [5.74, 6) is -0.528. The van der Waals surface area contributed by atoms with Crippen LogP contribution in [0.2, 0.25) is 0 Å². The van der Waals surface area contributed by atoms with Crippen molar-refractivity contribution in [3.63, 3.8) is 0 Å². The van der Waals surface area contributed by atoms with Gasteiger partial charge in [-0.25, -0.2) is 9.59 Å². The van der Waals surface area contributed by atoms with Gasteiger partial charge in [-0.2, -0.15) is 0 Å². The van der Waals surface area contributed by atoms with E-state index in [9.17, 15) is 14.4 Å². The Morgan fingerprint density at radius 1 is 1.40 bits per heavy atom. The molecule has 0 aliphatic carbocycles. The Labute approximate surface area is 118 Å². The minimum Gasteiger partial charge on any atom is -0.467 e. The summed E-state index contributed by atoms with van der Waals surface area (Å²) in [6.07, 6.45) is 0.239. The van der Waals surface area contributed by atoms with E-state index in [0.717, 1.165) is 0 Å². The third-order valence-corrected chi connectivity index (χ3v) is 2.82. The normalized spacial score (nSPS) is 18.9. The fourth-order valence-corrected chi connectivity index (χ4v) is 1.99. The maximum Gasteiger partial charge on any atom is 0.407 e. The van der Waals surface area contributed by atoms with Crippen molar-refractivity contribution in [1.82, 2.24) is 10.2 Å². The molecule has 20 heavy (non-hydrogen) atoms. The molecule has 2 amide bonds. The molecule has 1 heterocycles. The van der Waals surface area contributed by atoms with E-state index in [1.165, 1.54) is 12.0 Å². The second-order valence-corrected chi connectivity index (χ2v) is 5.59. The molecule has 0 aromatic carbocycles. The lowest BCUT2D eigenvalue weighted by molar-refractivity contribution is -0.149. The fraction of sp³-hybridized carbons (Fsp3) is 0.769. The van der Waals surface area contributed by atoms with E-state index in [2.05, 4.69) is 10.1 Å². The Bertz CT molecular complexity index is 389. The first-order valence-corrected chi connectivity index (χ1v) is 6.59. The maximum atomic E-state index is 11.7. The number of esters is 1. The first kappa shape index (κ1) is 16.3. The van der Waals surface area contributed by atoms with Gasteiger partial charge in [-0.1, -0.05) is 0 Å². The standard InChI is InChI=1S/C13H22N2O5/c1-13(2,3)20-12(18)14-7-8-15-9(11(17)19-4)5-6-10(15)16/h9H,5-8H2,1-4H3,(H,14,18)/t9-/m0/s1. The predicted molar refractivity (Wildman–Crippen MR) is 71.0 cm³/mol. The second kappa shape index (κ2) is 6.58. The lowest BCUT2D eigenvalue weighted by Crippen LogP contribution is -2.44. The van der Waals surface area contributed by atoms with E-state index in [1.807, 2.05) is 0 Å². The molecule has 114 valence electrons. The van der Waals surface area contributed by atoms with Crippen LogP contribution in [0.25, 0.3) is 0 Å². The number of hydrogen-bond donors (Lipinski definition) is 1. The van der Waals surface area contributed by atoms with Gasteiger partial charge in [-0.3, -0.25) is 4.79 Å². The molecule has 7 heteroatoms. The smallest absolute Gasteiger partial charge is 0.407 e. The second-order valence-electron chi connectivity index (χ2n) is 5.59. The molecule has 1 rings (SSSR count). The number of amides is 2. The summed E-state index contributed by atoms with van der Waals surface area (Å²) in [5, 5.41) is 2.56. The molecule has 0 radical (unpaired) electrons. The summed E-state index contributed by atoms with van der Waals surface area (Å²) in [5.41, 5.74) is -0.567. The van der Waals surface area contributed by atoms with Crippen LogP contribution in [0.1, 0.15) is 33.6 Å². The van der Waals surface area contributed by atoms with Crippen molar-refractivity contribution >= 4 is 18.0 Å². The average Bonchev–Trinajstić information content (AvgIpc) is 2.68. The van der Waals surface area contributed by atoms with Crippen molar-refractivity contribution in [2.75, 3.05) is 20.2 Å². The van der Waals surface area contributed by atoms with Gasteiger partial charge in [0, 0.05) is 19.5 Å². The van der Waals surface area contributed by atoms with Gasteiger partial charge in [0.1, 0.15) is 11.6 Å². The highest BCUT2D eigenvalue weighted by Crippen LogP contribution is 2.19. The first-order valence-electron chi connectivity index (χ1n) is 6.59. The van der Waals surface area contributed by atoms with Crippen LogP contribution in [-0.2, 0) is 19.1 Å². The van der Waals surface area contributed by atoms with E-state index in [4.69, 9.17) is 4.74 Å². The number of rotatable bonds is 4. The first-order chi connectivity index (χ1) is 9.24. The summed E-state index contributed by atoms with van der Waals surface area (Å²) in [6, 6.07) is -0.548. The SMILES string of the molecule is COC(=O)[C@@H]1CCC(=O)N1CCNC(=O)OC(C)(C)C. The van der Waals surface area contributed by atoms with Gasteiger partial charge >= 0.3 is 12.1 Å². The fourth-order valence-electron chi connectivity index (χ4n) is 1.99. The Balaban J connectivity index is 2.41. The molecule has 0 aromatic heterocycles. The van der Waals surface area contributed by atoms with Gasteiger partial charge in [-0.05, 0) is 27.2 Å². The average molecular weight is 286 g/mol. The highest BCUT2D eigenvalue weighted by molar-refractivity contribution is 5.88. The molecular weight excluding hydrogens is 264 g/mol. The Hall–Kier alpha value is -1.79. The van der Waals surface area contributed by atoms with Crippen molar-refractivity contribution in [3.8, 4) is 0 Å². The number of likely N-dealkylation sites (tertiary alicyclic amines) is 1. The van der Waals surface area contributed by atoms with E-state index >= 15 is 0 Å². The predicted octanol–water partition coefficient (Wildman–Crippen LogP) is 0.675. The Kier molecular flexibility index (Phi) is 5.35. The van der Waals surface area contributed by atoms with Crippen LogP contribution >= 0.6 is 0 Å². The van der Waals surface area contributed by atoms with Crippen molar-refractivity contribution in [1.29, 1.82) is 0 Å². The van der Waals surface area contributed by atoms with Gasteiger partial charge in [0.15, 0.2) is 0 Å². The third-order valence-electron chi connectivity index (χ3n) is 2.82. The number of methoxy groups -OCH3 is 1. The number of nitrogens with one attached hydrogen (secondary N) is 1. The van der Waals surface area contributed by atoms with Crippen LogP contribution in [0.15, 0.2) is 0 Å². The molecule has 0 unspecified atom stereocenters. The molecule has 0 bridgehead atoms. The summed E-state index contributed by atoms with van der Waals surface area (Å²) < 4.78 is 9.74. The number of nitrogens with zero attached hydrogens (tertiary/aromatic N) is 1. The van der Waals surface area contributed by atoms with Crippen molar-refractivity contribution in [3.05, 3.63) is 0 Å². The van der Waals surface area contributed by atoms with Gasteiger partial charge in [0.05, 0.1) is 7.11 Å². The Morgan fingerprint density at radius 3 is 2.60 bits per heavy atom. The minimum atomic E-state index is -0.567. The molecular formula is C13H22N2O5. The van der Waals surface area contributed by atoms with Gasteiger partial charge in [-0.15, -0.1) is 0 Å². The lowest BCUT2D eigenvalue weighted by atomic mass is 10.2. The van der Waals surface area contributed by atoms with Gasteiger partial charge < -0.3 is 19.7 Å². The molecule has 0 aromatic rings. The maximum absolute atomic E-state index is 11.7. The van der Waals surface area contributed by atoms with Crippen molar-refractivity contribution in [2.24, 2.45) is 0 Å². The highest BCUT2D eigenvalue weighted by Gasteiger charge is 2.36. The summed E-state index contributed by atoms with van der Waals surface area (Å²) in [4.78, 5) is 36.1. The number of hydrogen-bond acceptors (Lipinski definition) is 5. The molecule has 7 nitrogen and oxygen atoms in total. The zero-order chi connectivity index (χ0) is 15.3.